The van der Waals surface area contributed by atoms with Gasteiger partial charge in [0.05, 0.1) is 23.6 Å². The average Bonchev–Trinajstić information content (AvgIpc) is 3.34. The highest BCUT2D eigenvalue weighted by molar-refractivity contribution is 5.96. The number of carbonyl (C=O) groups is 1. The van der Waals surface area contributed by atoms with Crippen LogP contribution < -0.4 is 16.4 Å². The lowest BCUT2D eigenvalue weighted by molar-refractivity contribution is 0.0931. The SMILES string of the molecule is Cc1ccc2nc3c(cc(C(=O)NCc4cccnc4)c(=N)n3C[C@@H]3CCCO3)c(=O)n2c1. The van der Waals surface area contributed by atoms with Crippen molar-refractivity contribution in [2.45, 2.75) is 39.0 Å². The first-order valence-electron chi connectivity index (χ1n) is 10.9. The molecule has 0 aromatic carbocycles. The fourth-order valence-electron chi connectivity index (χ4n) is 4.17. The number of nitrogens with one attached hydrogen (secondary N) is 2. The van der Waals surface area contributed by atoms with E-state index in [0.717, 1.165) is 24.0 Å². The minimum atomic E-state index is -0.430. The molecule has 1 aliphatic heterocycles. The normalized spacial score (nSPS) is 15.8. The van der Waals surface area contributed by atoms with Gasteiger partial charge in [0.25, 0.3) is 11.5 Å². The number of ether oxygens (including phenoxy) is 1. The van der Waals surface area contributed by atoms with Crippen LogP contribution >= 0.6 is 0 Å². The maximum atomic E-state index is 13.4. The highest BCUT2D eigenvalue weighted by Crippen LogP contribution is 2.17. The molecule has 1 aliphatic rings. The van der Waals surface area contributed by atoms with Crippen molar-refractivity contribution >= 4 is 22.6 Å². The van der Waals surface area contributed by atoms with Crippen LogP contribution in [-0.2, 0) is 17.8 Å². The third-order valence-electron chi connectivity index (χ3n) is 5.89. The van der Waals surface area contributed by atoms with Gasteiger partial charge in [-0.05, 0) is 49.1 Å². The quantitative estimate of drug-likeness (QED) is 0.457. The van der Waals surface area contributed by atoms with Gasteiger partial charge in [-0.1, -0.05) is 12.1 Å². The molecule has 0 aliphatic carbocycles. The molecule has 0 unspecified atom stereocenters. The summed E-state index contributed by atoms with van der Waals surface area (Å²) in [4.78, 5) is 35.2. The summed E-state index contributed by atoms with van der Waals surface area (Å²) in [6, 6.07) is 8.80. The molecular weight excluding hydrogens is 420 g/mol. The summed E-state index contributed by atoms with van der Waals surface area (Å²) >= 11 is 0. The van der Waals surface area contributed by atoms with E-state index in [1.165, 1.54) is 10.5 Å². The number of pyridine rings is 3. The minimum Gasteiger partial charge on any atom is -0.376 e. The molecular formula is C24H24N6O3. The molecule has 9 nitrogen and oxygen atoms in total. The second kappa shape index (κ2) is 8.59. The van der Waals surface area contributed by atoms with E-state index in [0.29, 0.717) is 29.8 Å². The number of hydrogen-bond acceptors (Lipinski definition) is 6. The molecule has 4 aromatic heterocycles. The standard InChI is InChI=1S/C24H24N6O3/c1-15-6-7-20-28-22-19(24(32)29(20)13-15)10-18(21(25)30(22)14-17-5-3-9-33-17)23(31)27-12-16-4-2-8-26-11-16/h2,4,6-8,10-11,13,17,25H,3,5,9,12,14H2,1H3,(H,27,31)/t17-/m0/s1. The topological polar surface area (TPSA) is 114 Å². The van der Waals surface area contributed by atoms with Gasteiger partial charge in [0.1, 0.15) is 16.8 Å². The largest absolute Gasteiger partial charge is 0.376 e. The van der Waals surface area contributed by atoms with Crippen molar-refractivity contribution in [2.75, 3.05) is 6.61 Å². The summed E-state index contributed by atoms with van der Waals surface area (Å²) in [6.07, 6.45) is 6.78. The molecule has 1 saturated heterocycles. The number of nitrogens with zero attached hydrogens (tertiary/aromatic N) is 4. The van der Waals surface area contributed by atoms with Gasteiger partial charge < -0.3 is 14.6 Å². The van der Waals surface area contributed by atoms with Gasteiger partial charge in [0, 0.05) is 31.7 Å². The molecule has 168 valence electrons. The molecule has 1 amide bonds. The van der Waals surface area contributed by atoms with E-state index in [4.69, 9.17) is 10.1 Å². The van der Waals surface area contributed by atoms with Crippen LogP contribution in [0.3, 0.4) is 0 Å². The Bertz CT molecular complexity index is 1470. The van der Waals surface area contributed by atoms with Crippen molar-refractivity contribution in [1.29, 1.82) is 5.41 Å². The second-order valence-corrected chi connectivity index (χ2v) is 8.29. The molecule has 0 saturated carbocycles. The highest BCUT2D eigenvalue weighted by atomic mass is 16.5. The Balaban J connectivity index is 1.65. The molecule has 1 fully saturated rings. The van der Waals surface area contributed by atoms with Crippen LogP contribution in [0.25, 0.3) is 16.7 Å². The first-order valence-corrected chi connectivity index (χ1v) is 10.9. The summed E-state index contributed by atoms with van der Waals surface area (Å²) in [5.41, 5.74) is 2.49. The molecule has 2 N–H and O–H groups in total. The molecule has 5 heterocycles. The van der Waals surface area contributed by atoms with Crippen LogP contribution in [0.5, 0.6) is 0 Å². The Labute approximate surface area is 189 Å². The van der Waals surface area contributed by atoms with Gasteiger partial charge in [0.2, 0.25) is 0 Å². The Morgan fingerprint density at radius 1 is 1.33 bits per heavy atom. The van der Waals surface area contributed by atoms with E-state index < -0.39 is 5.91 Å². The fraction of sp³-hybridized carbons (Fsp3) is 0.292. The molecule has 33 heavy (non-hydrogen) atoms. The maximum absolute atomic E-state index is 13.4. The number of amides is 1. The minimum absolute atomic E-state index is 0.00467. The fourth-order valence-corrected chi connectivity index (χ4v) is 4.17. The Morgan fingerprint density at radius 2 is 2.21 bits per heavy atom. The van der Waals surface area contributed by atoms with E-state index >= 15 is 0 Å². The van der Waals surface area contributed by atoms with Gasteiger partial charge in [-0.2, -0.15) is 0 Å². The third kappa shape index (κ3) is 4.03. The van der Waals surface area contributed by atoms with Gasteiger partial charge >= 0.3 is 0 Å². The molecule has 0 bridgehead atoms. The zero-order valence-electron chi connectivity index (χ0n) is 18.2. The molecule has 5 rings (SSSR count). The van der Waals surface area contributed by atoms with Crippen molar-refractivity contribution in [3.8, 4) is 0 Å². The molecule has 4 aromatic rings. The van der Waals surface area contributed by atoms with Crippen molar-refractivity contribution in [1.82, 2.24) is 24.3 Å². The lowest BCUT2D eigenvalue weighted by atomic mass is 10.1. The van der Waals surface area contributed by atoms with Crippen LogP contribution in [0.15, 0.2) is 53.7 Å². The van der Waals surface area contributed by atoms with E-state index in [1.807, 2.05) is 19.1 Å². The number of aromatic nitrogens is 4. The summed E-state index contributed by atoms with van der Waals surface area (Å²) in [5.74, 6) is -0.430. The second-order valence-electron chi connectivity index (χ2n) is 8.29. The maximum Gasteiger partial charge on any atom is 0.267 e. The van der Waals surface area contributed by atoms with E-state index in [-0.39, 0.29) is 29.3 Å². The summed E-state index contributed by atoms with van der Waals surface area (Å²) in [6.45, 7) is 3.19. The monoisotopic (exact) mass is 444 g/mol. The zero-order valence-corrected chi connectivity index (χ0v) is 18.2. The van der Waals surface area contributed by atoms with Crippen molar-refractivity contribution in [3.63, 3.8) is 0 Å². The van der Waals surface area contributed by atoms with Crippen LogP contribution in [0.1, 0.15) is 34.3 Å². The van der Waals surface area contributed by atoms with Crippen molar-refractivity contribution in [3.05, 3.63) is 81.5 Å². The Morgan fingerprint density at radius 3 is 2.97 bits per heavy atom. The highest BCUT2D eigenvalue weighted by Gasteiger charge is 2.22. The lowest BCUT2D eigenvalue weighted by Gasteiger charge is -2.17. The Kier molecular flexibility index (Phi) is 5.47. The number of hydrogen-bond donors (Lipinski definition) is 2. The summed E-state index contributed by atoms with van der Waals surface area (Å²) < 4.78 is 8.89. The van der Waals surface area contributed by atoms with Crippen LogP contribution in [-0.4, -0.2) is 37.6 Å². The lowest BCUT2D eigenvalue weighted by Crippen LogP contribution is -2.36. The van der Waals surface area contributed by atoms with E-state index in [9.17, 15) is 9.59 Å². The van der Waals surface area contributed by atoms with E-state index in [2.05, 4.69) is 15.3 Å². The predicted molar refractivity (Wildman–Crippen MR) is 122 cm³/mol. The molecule has 0 spiro atoms. The van der Waals surface area contributed by atoms with Gasteiger partial charge in [-0.15, -0.1) is 0 Å². The molecule has 1 atom stereocenters. The summed E-state index contributed by atoms with van der Waals surface area (Å²) in [7, 11) is 0. The number of carbonyl (C=O) groups excluding carboxylic acids is 1. The third-order valence-corrected chi connectivity index (χ3v) is 5.89. The van der Waals surface area contributed by atoms with Crippen molar-refractivity contribution < 1.29 is 9.53 Å². The summed E-state index contributed by atoms with van der Waals surface area (Å²) in [5, 5.41) is 11.9. The first kappa shape index (κ1) is 21.0. The van der Waals surface area contributed by atoms with Gasteiger partial charge in [0.15, 0.2) is 0 Å². The van der Waals surface area contributed by atoms with E-state index in [1.54, 1.807) is 35.3 Å². The number of rotatable bonds is 5. The zero-order chi connectivity index (χ0) is 22.9. The number of fused-ring (bicyclic) bond motifs is 2. The first-order chi connectivity index (χ1) is 16.0. The van der Waals surface area contributed by atoms with Crippen LogP contribution in [0.4, 0.5) is 0 Å². The Hall–Kier alpha value is -3.85. The predicted octanol–water partition coefficient (Wildman–Crippen LogP) is 1.94. The van der Waals surface area contributed by atoms with Gasteiger partial charge in [-0.25, -0.2) is 4.98 Å². The number of aryl methyl sites for hydroxylation is 1. The van der Waals surface area contributed by atoms with Crippen LogP contribution in [0, 0.1) is 12.3 Å². The average molecular weight is 444 g/mol. The smallest absolute Gasteiger partial charge is 0.267 e. The van der Waals surface area contributed by atoms with Crippen molar-refractivity contribution in [2.24, 2.45) is 0 Å². The van der Waals surface area contributed by atoms with Gasteiger partial charge in [-0.3, -0.25) is 24.4 Å². The van der Waals surface area contributed by atoms with Crippen LogP contribution in [0.2, 0.25) is 0 Å². The molecule has 9 heteroatoms. The molecule has 0 radical (unpaired) electrons.